The van der Waals surface area contributed by atoms with Gasteiger partial charge in [-0.2, -0.15) is 4.31 Å². The van der Waals surface area contributed by atoms with E-state index in [2.05, 4.69) is 10.2 Å². The number of nitrogen functional groups attached to an aromatic ring is 1. The molecule has 2 N–H and O–H groups in total. The SMILES string of the molecule is Nc1nnc(CN(Cc2ccccc2)S(=O)(=O)c2ccccc2)s1. The van der Waals surface area contributed by atoms with Crippen LogP contribution in [-0.2, 0) is 23.1 Å². The third-order valence-electron chi connectivity index (χ3n) is 3.38. The molecule has 0 saturated carbocycles. The van der Waals surface area contributed by atoms with E-state index < -0.39 is 10.0 Å². The molecule has 3 aromatic rings. The second-order valence-corrected chi connectivity index (χ2v) is 8.14. The highest BCUT2D eigenvalue weighted by molar-refractivity contribution is 7.89. The molecule has 3 rings (SSSR count). The molecular formula is C16H16N4O2S2. The van der Waals surface area contributed by atoms with Crippen molar-refractivity contribution in [1.82, 2.24) is 14.5 Å². The number of anilines is 1. The first-order valence-corrected chi connectivity index (χ1v) is 9.48. The Balaban J connectivity index is 1.94. The summed E-state index contributed by atoms with van der Waals surface area (Å²) in [6.07, 6.45) is 0. The van der Waals surface area contributed by atoms with Gasteiger partial charge in [0.05, 0.1) is 11.4 Å². The molecule has 0 spiro atoms. The van der Waals surface area contributed by atoms with E-state index in [1.807, 2.05) is 30.3 Å². The van der Waals surface area contributed by atoms with Crippen molar-refractivity contribution < 1.29 is 8.42 Å². The van der Waals surface area contributed by atoms with Gasteiger partial charge in [0, 0.05) is 6.54 Å². The molecule has 8 heteroatoms. The summed E-state index contributed by atoms with van der Waals surface area (Å²) in [6.45, 7) is 0.374. The number of benzene rings is 2. The largest absolute Gasteiger partial charge is 0.374 e. The van der Waals surface area contributed by atoms with E-state index >= 15 is 0 Å². The van der Waals surface area contributed by atoms with Crippen molar-refractivity contribution in [2.45, 2.75) is 18.0 Å². The predicted molar refractivity (Wildman–Crippen MR) is 93.6 cm³/mol. The summed E-state index contributed by atoms with van der Waals surface area (Å²) in [5, 5.41) is 8.58. The molecule has 0 saturated heterocycles. The number of hydrogen-bond donors (Lipinski definition) is 1. The zero-order valence-electron chi connectivity index (χ0n) is 12.7. The smallest absolute Gasteiger partial charge is 0.243 e. The van der Waals surface area contributed by atoms with Gasteiger partial charge < -0.3 is 5.73 Å². The van der Waals surface area contributed by atoms with Gasteiger partial charge in [-0.3, -0.25) is 0 Å². The molecule has 0 bridgehead atoms. The topological polar surface area (TPSA) is 89.2 Å². The third-order valence-corrected chi connectivity index (χ3v) is 5.92. The fraction of sp³-hybridized carbons (Fsp3) is 0.125. The quantitative estimate of drug-likeness (QED) is 0.729. The minimum Gasteiger partial charge on any atom is -0.374 e. The number of rotatable bonds is 6. The van der Waals surface area contributed by atoms with Gasteiger partial charge in [-0.1, -0.05) is 59.9 Å². The first-order valence-electron chi connectivity index (χ1n) is 7.23. The molecule has 0 atom stereocenters. The minimum atomic E-state index is -3.66. The molecule has 0 amide bonds. The van der Waals surface area contributed by atoms with Gasteiger partial charge in [0.25, 0.3) is 0 Å². The maximum absolute atomic E-state index is 13.0. The first-order chi connectivity index (χ1) is 11.6. The first kappa shape index (κ1) is 16.6. The molecule has 24 heavy (non-hydrogen) atoms. The zero-order valence-corrected chi connectivity index (χ0v) is 14.4. The molecule has 1 aromatic heterocycles. The van der Waals surface area contributed by atoms with Crippen LogP contribution in [0.15, 0.2) is 65.6 Å². The summed E-state index contributed by atoms with van der Waals surface area (Å²) in [5.74, 6) is 0. The summed E-state index contributed by atoms with van der Waals surface area (Å²) < 4.78 is 27.4. The van der Waals surface area contributed by atoms with Crippen LogP contribution in [0.5, 0.6) is 0 Å². The zero-order chi connectivity index (χ0) is 17.0. The van der Waals surface area contributed by atoms with Crippen LogP contribution in [0.4, 0.5) is 5.13 Å². The van der Waals surface area contributed by atoms with E-state index in [9.17, 15) is 8.42 Å². The molecule has 2 aromatic carbocycles. The van der Waals surface area contributed by atoms with Gasteiger partial charge in [0.1, 0.15) is 5.01 Å². The van der Waals surface area contributed by atoms with E-state index in [0.717, 1.165) is 5.56 Å². The summed E-state index contributed by atoms with van der Waals surface area (Å²) in [6, 6.07) is 17.8. The minimum absolute atomic E-state index is 0.126. The van der Waals surface area contributed by atoms with Gasteiger partial charge >= 0.3 is 0 Å². The van der Waals surface area contributed by atoms with Crippen LogP contribution in [0.25, 0.3) is 0 Å². The van der Waals surface area contributed by atoms with Crippen LogP contribution in [0.3, 0.4) is 0 Å². The molecule has 0 unspecified atom stereocenters. The van der Waals surface area contributed by atoms with Crippen molar-refractivity contribution in [3.63, 3.8) is 0 Å². The van der Waals surface area contributed by atoms with Crippen molar-refractivity contribution in [2.75, 3.05) is 5.73 Å². The molecule has 1 heterocycles. The van der Waals surface area contributed by atoms with E-state index in [-0.39, 0.29) is 18.0 Å². The molecule has 0 aliphatic heterocycles. The standard InChI is InChI=1S/C16H16N4O2S2/c17-16-19-18-15(23-16)12-20(11-13-7-3-1-4-8-13)24(21,22)14-9-5-2-6-10-14/h1-10H,11-12H2,(H2,17,19). The highest BCUT2D eigenvalue weighted by Crippen LogP contribution is 2.22. The van der Waals surface area contributed by atoms with Crippen molar-refractivity contribution in [3.8, 4) is 0 Å². The maximum atomic E-state index is 13.0. The number of aromatic nitrogens is 2. The fourth-order valence-corrected chi connectivity index (χ4v) is 4.35. The van der Waals surface area contributed by atoms with Crippen LogP contribution in [-0.4, -0.2) is 22.9 Å². The van der Waals surface area contributed by atoms with Gasteiger partial charge in [-0.15, -0.1) is 10.2 Å². The Morgan fingerprint density at radius 1 is 0.917 bits per heavy atom. The normalized spacial score (nSPS) is 11.7. The number of hydrogen-bond acceptors (Lipinski definition) is 6. The van der Waals surface area contributed by atoms with E-state index in [1.165, 1.54) is 15.6 Å². The van der Waals surface area contributed by atoms with Gasteiger partial charge in [-0.05, 0) is 17.7 Å². The molecule has 0 aliphatic carbocycles. The Kier molecular flexibility index (Phi) is 4.89. The molecule has 0 fully saturated rings. The summed E-state index contributed by atoms with van der Waals surface area (Å²) >= 11 is 1.19. The Labute approximate surface area is 144 Å². The Morgan fingerprint density at radius 3 is 2.12 bits per heavy atom. The fourth-order valence-electron chi connectivity index (χ4n) is 2.24. The predicted octanol–water partition coefficient (Wildman–Crippen LogP) is 2.51. The molecular weight excluding hydrogens is 344 g/mol. The van der Waals surface area contributed by atoms with Crippen molar-refractivity contribution in [1.29, 1.82) is 0 Å². The lowest BCUT2D eigenvalue weighted by Crippen LogP contribution is -2.30. The molecule has 0 aliphatic rings. The van der Waals surface area contributed by atoms with Gasteiger partial charge in [-0.25, -0.2) is 8.42 Å². The van der Waals surface area contributed by atoms with Crippen LogP contribution in [0, 0.1) is 0 Å². The van der Waals surface area contributed by atoms with Crippen LogP contribution in [0.1, 0.15) is 10.6 Å². The lowest BCUT2D eigenvalue weighted by molar-refractivity contribution is 0.399. The maximum Gasteiger partial charge on any atom is 0.243 e. The number of nitrogens with zero attached hydrogens (tertiary/aromatic N) is 3. The van der Waals surface area contributed by atoms with Crippen molar-refractivity contribution in [2.24, 2.45) is 0 Å². The second kappa shape index (κ2) is 7.08. The molecule has 124 valence electrons. The summed E-state index contributed by atoms with van der Waals surface area (Å²) in [7, 11) is -3.66. The lowest BCUT2D eigenvalue weighted by atomic mass is 10.2. The van der Waals surface area contributed by atoms with E-state index in [0.29, 0.717) is 10.1 Å². The average molecular weight is 360 g/mol. The second-order valence-electron chi connectivity index (χ2n) is 5.11. The van der Waals surface area contributed by atoms with E-state index in [1.54, 1.807) is 30.3 Å². The van der Waals surface area contributed by atoms with Gasteiger partial charge in [0.15, 0.2) is 0 Å². The Hall–Kier alpha value is -2.29. The van der Waals surface area contributed by atoms with Crippen molar-refractivity contribution in [3.05, 3.63) is 71.2 Å². The van der Waals surface area contributed by atoms with Gasteiger partial charge in [0.2, 0.25) is 15.2 Å². The summed E-state index contributed by atoms with van der Waals surface area (Å²) in [4.78, 5) is 0.249. The lowest BCUT2D eigenvalue weighted by Gasteiger charge is -2.21. The average Bonchev–Trinajstić information content (AvgIpc) is 3.01. The van der Waals surface area contributed by atoms with Crippen LogP contribution < -0.4 is 5.73 Å². The van der Waals surface area contributed by atoms with E-state index in [4.69, 9.17) is 5.73 Å². The molecule has 6 nitrogen and oxygen atoms in total. The summed E-state index contributed by atoms with van der Waals surface area (Å²) in [5.41, 5.74) is 6.50. The van der Waals surface area contributed by atoms with Crippen molar-refractivity contribution >= 4 is 26.5 Å². The Bertz CT molecular complexity index is 896. The number of nitrogens with two attached hydrogens (primary N) is 1. The molecule has 0 radical (unpaired) electrons. The third kappa shape index (κ3) is 3.78. The monoisotopic (exact) mass is 360 g/mol. The van der Waals surface area contributed by atoms with Crippen LogP contribution in [0.2, 0.25) is 0 Å². The highest BCUT2D eigenvalue weighted by Gasteiger charge is 2.26. The van der Waals surface area contributed by atoms with Crippen LogP contribution >= 0.6 is 11.3 Å². The Morgan fingerprint density at radius 2 is 1.54 bits per heavy atom. The highest BCUT2D eigenvalue weighted by atomic mass is 32.2. The number of sulfonamides is 1.